The van der Waals surface area contributed by atoms with Gasteiger partial charge in [0.25, 0.3) is 40.1 Å². The van der Waals surface area contributed by atoms with Crippen LogP contribution in [0.3, 0.4) is 0 Å². The SMILES string of the molecule is O=S(=O)(NS(=O)(=O)C(F)(F)C(F)(F)F)C(F)(F)C(F)(F)F.O=S(=O)(NS(=O)(=O)C(F)(F)C(F)(F)F)C(F)(F)C(F)(F)F.[LiH]. The number of hydrogen-bond donors (Lipinski definition) is 2. The van der Waals surface area contributed by atoms with Crippen molar-refractivity contribution in [3.05, 3.63) is 0 Å². The summed E-state index contributed by atoms with van der Waals surface area (Å²) in [4.78, 5) is 0. The van der Waals surface area contributed by atoms with Gasteiger partial charge in [-0.15, -0.1) is 0 Å². The van der Waals surface area contributed by atoms with E-state index in [0.29, 0.717) is 0 Å². The van der Waals surface area contributed by atoms with E-state index in [1.165, 1.54) is 0 Å². The molecule has 0 aromatic carbocycles. The van der Waals surface area contributed by atoms with Crippen LogP contribution in [0.1, 0.15) is 0 Å². The Balaban J connectivity index is -0.000000727. The minimum absolute atomic E-state index is 0. The maximum absolute atomic E-state index is 12.4. The molecule has 0 aliphatic carbocycles. The molecule has 35 heteroatoms. The second kappa shape index (κ2) is 12.3. The Labute approximate surface area is 234 Å². The van der Waals surface area contributed by atoms with Crippen molar-refractivity contribution in [3.63, 3.8) is 0 Å². The van der Waals surface area contributed by atoms with E-state index in [4.69, 9.17) is 0 Å². The normalized spacial score (nSPS) is 15.7. The number of sulfonamides is 4. The van der Waals surface area contributed by atoms with Gasteiger partial charge in [0, 0.05) is 0 Å². The summed E-state index contributed by atoms with van der Waals surface area (Å²) in [6.45, 7) is 0. The van der Waals surface area contributed by atoms with Gasteiger partial charge in [-0.2, -0.15) is 87.8 Å². The van der Waals surface area contributed by atoms with Gasteiger partial charge < -0.3 is 0 Å². The summed E-state index contributed by atoms with van der Waals surface area (Å²) in [5.74, 6) is 0. The van der Waals surface area contributed by atoms with Crippen LogP contribution in [0.5, 0.6) is 0 Å². The molecule has 0 aliphatic heterocycles. The molecular weight excluding hydrogens is 767 g/mol. The third kappa shape index (κ3) is 9.01. The zero-order valence-electron chi connectivity index (χ0n) is 17.5. The van der Waals surface area contributed by atoms with Gasteiger partial charge in [0.05, 0.1) is 0 Å². The van der Waals surface area contributed by atoms with Crippen LogP contribution in [0.25, 0.3) is 0 Å². The van der Waals surface area contributed by atoms with Crippen LogP contribution >= 0.6 is 0 Å². The second-order valence-corrected chi connectivity index (χ2v) is 13.7. The first-order valence-electron chi connectivity index (χ1n) is 7.75. The van der Waals surface area contributed by atoms with Crippen molar-refractivity contribution >= 4 is 59.0 Å². The average molecular weight is 770 g/mol. The molecule has 0 saturated heterocycles. The van der Waals surface area contributed by atoms with Crippen LogP contribution in [-0.4, -0.2) is 98.3 Å². The summed E-state index contributed by atoms with van der Waals surface area (Å²) < 4.78 is 320. The molecule has 258 valence electrons. The first-order chi connectivity index (χ1) is 17.4. The third-order valence-corrected chi connectivity index (χ3v) is 10.2. The molecule has 0 aromatic heterocycles. The topological polar surface area (TPSA) is 161 Å². The van der Waals surface area contributed by atoms with E-state index in [0.717, 1.165) is 0 Å². The van der Waals surface area contributed by atoms with Crippen molar-refractivity contribution < 1.29 is 121 Å². The molecule has 0 bridgehead atoms. The van der Waals surface area contributed by atoms with Crippen molar-refractivity contribution in [1.82, 2.24) is 8.25 Å². The molecule has 10 nitrogen and oxygen atoms in total. The van der Waals surface area contributed by atoms with Gasteiger partial charge in [-0.05, 0) is 0 Å². The van der Waals surface area contributed by atoms with Crippen molar-refractivity contribution in [2.24, 2.45) is 0 Å². The summed E-state index contributed by atoms with van der Waals surface area (Å²) in [6.07, 6.45) is -27.9. The summed E-state index contributed by atoms with van der Waals surface area (Å²) in [6, 6.07) is 0. The Kier molecular flexibility index (Phi) is 13.2. The summed E-state index contributed by atoms with van der Waals surface area (Å²) in [7, 11) is -30.0. The number of hydrogen-bond acceptors (Lipinski definition) is 8. The van der Waals surface area contributed by atoms with Crippen molar-refractivity contribution in [1.29, 1.82) is 0 Å². The Morgan fingerprint density at radius 1 is 0.279 bits per heavy atom. The van der Waals surface area contributed by atoms with Gasteiger partial charge >= 0.3 is 64.6 Å². The molecule has 0 aliphatic rings. The molecule has 0 radical (unpaired) electrons. The number of nitrogens with one attached hydrogen (secondary N) is 2. The van der Waals surface area contributed by atoms with Crippen LogP contribution in [-0.2, 0) is 40.1 Å². The van der Waals surface area contributed by atoms with Crippen LogP contribution < -0.4 is 8.25 Å². The van der Waals surface area contributed by atoms with Crippen LogP contribution in [0.4, 0.5) is 87.8 Å². The number of rotatable bonds is 8. The van der Waals surface area contributed by atoms with Crippen molar-refractivity contribution in [2.45, 2.75) is 45.7 Å². The first kappa shape index (κ1) is 46.3. The second-order valence-electron chi connectivity index (χ2n) is 6.24. The van der Waals surface area contributed by atoms with Gasteiger partial charge in [-0.25, -0.2) is 33.7 Å². The number of halogens is 20. The predicted molar refractivity (Wildman–Crippen MR) is 93.1 cm³/mol. The molecule has 0 atom stereocenters. The molecule has 0 heterocycles. The fourth-order valence-corrected chi connectivity index (χ4v) is 6.31. The van der Waals surface area contributed by atoms with E-state index < -0.39 is 94.1 Å². The van der Waals surface area contributed by atoms with Crippen LogP contribution in [0.2, 0.25) is 0 Å². The van der Waals surface area contributed by atoms with Gasteiger partial charge in [-0.3, -0.25) is 0 Å². The first-order valence-corrected chi connectivity index (χ1v) is 13.7. The third-order valence-electron chi connectivity index (χ3n) is 3.11. The van der Waals surface area contributed by atoms with E-state index in [-0.39, 0.29) is 18.9 Å². The Bertz CT molecular complexity index is 1200. The molecular formula is C8H3F20LiN2O8S4. The predicted octanol–water partition coefficient (Wildman–Crippen LogP) is 2.44. The Morgan fingerprint density at radius 3 is 0.442 bits per heavy atom. The standard InChI is InChI=1S/2C4HF10NO4S2.Li.H/c2*5-1(6,7)3(11,12)20(16,17)15-21(18,19)4(13,14)2(8,9)10;;/h2*15H;;. The van der Waals surface area contributed by atoms with Gasteiger partial charge in [0.15, 0.2) is 0 Å². The van der Waals surface area contributed by atoms with Crippen molar-refractivity contribution in [2.75, 3.05) is 0 Å². The molecule has 0 unspecified atom stereocenters. The van der Waals surface area contributed by atoms with E-state index in [9.17, 15) is 121 Å². The molecule has 2 N–H and O–H groups in total. The van der Waals surface area contributed by atoms with Crippen LogP contribution in [0.15, 0.2) is 0 Å². The Morgan fingerprint density at radius 2 is 0.372 bits per heavy atom. The monoisotopic (exact) mass is 770 g/mol. The molecule has 0 amide bonds. The van der Waals surface area contributed by atoms with Gasteiger partial charge in [0.1, 0.15) is 0 Å². The Hall–Kier alpha value is -1.08. The molecule has 0 aromatic rings. The van der Waals surface area contributed by atoms with E-state index in [1.54, 1.807) is 0 Å². The quantitative estimate of drug-likeness (QED) is 0.282. The fraction of sp³-hybridized carbons (Fsp3) is 1.00. The van der Waals surface area contributed by atoms with Gasteiger partial charge in [-0.1, -0.05) is 8.25 Å². The van der Waals surface area contributed by atoms with E-state index in [1.807, 2.05) is 0 Å². The molecule has 0 spiro atoms. The molecule has 0 rings (SSSR count). The minimum atomic E-state index is -7.49. The average Bonchev–Trinajstić information content (AvgIpc) is 2.62. The zero-order chi connectivity index (χ0) is 35.4. The molecule has 0 fully saturated rings. The van der Waals surface area contributed by atoms with E-state index in [2.05, 4.69) is 0 Å². The van der Waals surface area contributed by atoms with Crippen LogP contribution in [0, 0.1) is 0 Å². The van der Waals surface area contributed by atoms with Crippen molar-refractivity contribution in [3.8, 4) is 0 Å². The fourth-order valence-electron chi connectivity index (χ4n) is 1.11. The summed E-state index contributed by atoms with van der Waals surface area (Å²) in [5.41, 5.74) is 0. The number of alkyl halides is 20. The van der Waals surface area contributed by atoms with E-state index >= 15 is 0 Å². The molecule has 0 saturated carbocycles. The summed E-state index contributed by atoms with van der Waals surface area (Å²) in [5, 5.41) is -27.7. The maximum atomic E-state index is 12.4. The van der Waals surface area contributed by atoms with Gasteiger partial charge in [0.2, 0.25) is 0 Å². The molecule has 43 heavy (non-hydrogen) atoms. The zero-order valence-corrected chi connectivity index (χ0v) is 20.7. The summed E-state index contributed by atoms with van der Waals surface area (Å²) >= 11 is 0.